The fraction of sp³-hybridized carbons (Fsp3) is 0.188. The van der Waals surface area contributed by atoms with E-state index in [1.165, 1.54) is 23.0 Å². The molecule has 9 nitrogen and oxygen atoms in total. The molecular weight excluding hydrogens is 326 g/mol. The van der Waals surface area contributed by atoms with E-state index in [2.05, 4.69) is 15.5 Å². The number of anilines is 1. The van der Waals surface area contributed by atoms with E-state index < -0.39 is 11.7 Å². The number of amides is 1. The van der Waals surface area contributed by atoms with Crippen molar-refractivity contribution in [2.75, 3.05) is 11.9 Å². The Kier molecular flexibility index (Phi) is 4.43. The molecule has 25 heavy (non-hydrogen) atoms. The number of nitriles is 1. The number of hydrogen-bond donors (Lipinski definition) is 1. The first-order valence-electron chi connectivity index (χ1n) is 7.39. The molecule has 1 amide bonds. The fourth-order valence-corrected chi connectivity index (χ4v) is 2.36. The molecule has 3 rings (SSSR count). The van der Waals surface area contributed by atoms with Gasteiger partial charge >= 0.3 is 11.7 Å². The highest BCUT2D eigenvalue weighted by molar-refractivity contribution is 5.89. The van der Waals surface area contributed by atoms with Crippen LogP contribution in [-0.2, 0) is 11.3 Å². The Morgan fingerprint density at radius 3 is 3.04 bits per heavy atom. The zero-order chi connectivity index (χ0) is 17.8. The van der Waals surface area contributed by atoms with E-state index in [0.29, 0.717) is 22.2 Å². The third kappa shape index (κ3) is 3.48. The van der Waals surface area contributed by atoms with Gasteiger partial charge in [-0.15, -0.1) is 10.2 Å². The predicted molar refractivity (Wildman–Crippen MR) is 87.0 cm³/mol. The fourth-order valence-electron chi connectivity index (χ4n) is 2.36. The van der Waals surface area contributed by atoms with Gasteiger partial charge in [0.15, 0.2) is 0 Å². The van der Waals surface area contributed by atoms with E-state index >= 15 is 0 Å². The zero-order valence-electron chi connectivity index (χ0n) is 13.2. The van der Waals surface area contributed by atoms with E-state index in [-0.39, 0.29) is 19.0 Å². The Labute approximate surface area is 141 Å². The van der Waals surface area contributed by atoms with Crippen molar-refractivity contribution in [3.63, 3.8) is 0 Å². The van der Waals surface area contributed by atoms with Crippen molar-refractivity contribution in [3.8, 4) is 6.07 Å². The summed E-state index contributed by atoms with van der Waals surface area (Å²) in [7, 11) is 0. The molecule has 0 aliphatic carbocycles. The summed E-state index contributed by atoms with van der Waals surface area (Å²) >= 11 is 0. The summed E-state index contributed by atoms with van der Waals surface area (Å²) in [5.41, 5.74) is 0.851. The van der Waals surface area contributed by atoms with Crippen molar-refractivity contribution in [1.82, 2.24) is 14.8 Å². The molecular formula is C16H13N5O4. The number of nitrogens with one attached hydrogen (secondary N) is 1. The lowest BCUT2D eigenvalue weighted by molar-refractivity contribution is 0.168. The minimum Gasteiger partial charge on any atom is -0.450 e. The number of hydrogen-bond acceptors (Lipinski definition) is 7. The summed E-state index contributed by atoms with van der Waals surface area (Å²) < 4.78 is 11.5. The van der Waals surface area contributed by atoms with Gasteiger partial charge in [0.05, 0.1) is 13.2 Å². The normalized spacial score (nSPS) is 10.4. The number of ether oxygens (including phenoxy) is 1. The van der Waals surface area contributed by atoms with Crippen molar-refractivity contribution in [3.05, 3.63) is 52.4 Å². The van der Waals surface area contributed by atoms with E-state index in [4.69, 9.17) is 14.4 Å². The molecule has 0 spiro atoms. The molecule has 0 saturated carbocycles. The first kappa shape index (κ1) is 16.2. The third-order valence-corrected chi connectivity index (χ3v) is 3.41. The van der Waals surface area contributed by atoms with Crippen LogP contribution in [0.4, 0.5) is 10.5 Å². The second kappa shape index (κ2) is 6.84. The summed E-state index contributed by atoms with van der Waals surface area (Å²) in [6, 6.07) is 8.19. The SMILES string of the molecule is CCOC(=O)Nc1ccc2c(Cn3cnnc3C#N)cc(=O)oc2c1. The van der Waals surface area contributed by atoms with Gasteiger partial charge in [-0.25, -0.2) is 9.59 Å². The molecule has 1 aromatic carbocycles. The van der Waals surface area contributed by atoms with Gasteiger partial charge in [0, 0.05) is 23.2 Å². The predicted octanol–water partition coefficient (Wildman–Crippen LogP) is 1.87. The number of benzene rings is 1. The van der Waals surface area contributed by atoms with Crippen molar-refractivity contribution in [1.29, 1.82) is 5.26 Å². The van der Waals surface area contributed by atoms with E-state index in [1.807, 2.05) is 6.07 Å². The standard InChI is InChI=1S/C16H13N5O4/c1-2-24-16(23)19-11-3-4-12-10(5-15(22)25-13(12)6-11)8-21-9-18-20-14(21)7-17/h3-6,9H,2,8H2,1H3,(H,19,23). The maximum absolute atomic E-state index is 11.8. The van der Waals surface area contributed by atoms with E-state index in [1.54, 1.807) is 19.1 Å². The minimum atomic E-state index is -0.594. The number of aromatic nitrogens is 3. The van der Waals surface area contributed by atoms with E-state index in [9.17, 15) is 9.59 Å². The molecule has 0 radical (unpaired) electrons. The highest BCUT2D eigenvalue weighted by Gasteiger charge is 2.11. The quantitative estimate of drug-likeness (QED) is 0.720. The van der Waals surface area contributed by atoms with Gasteiger partial charge in [-0.1, -0.05) is 0 Å². The van der Waals surface area contributed by atoms with Crippen molar-refractivity contribution in [2.24, 2.45) is 0 Å². The molecule has 2 aromatic heterocycles. The molecule has 3 aromatic rings. The second-order valence-corrected chi connectivity index (χ2v) is 5.04. The Hall–Kier alpha value is -3.67. The molecule has 0 saturated heterocycles. The second-order valence-electron chi connectivity index (χ2n) is 5.04. The van der Waals surface area contributed by atoms with Gasteiger partial charge in [-0.3, -0.25) is 5.32 Å². The first-order chi connectivity index (χ1) is 12.1. The lowest BCUT2D eigenvalue weighted by Gasteiger charge is -2.09. The number of carbonyl (C=O) groups excluding carboxylic acids is 1. The van der Waals surface area contributed by atoms with Crippen LogP contribution >= 0.6 is 0 Å². The largest absolute Gasteiger partial charge is 0.450 e. The molecule has 1 N–H and O–H groups in total. The molecule has 9 heteroatoms. The van der Waals surface area contributed by atoms with Gasteiger partial charge in [0.25, 0.3) is 0 Å². The average Bonchev–Trinajstić information content (AvgIpc) is 3.01. The van der Waals surface area contributed by atoms with Crippen LogP contribution in [0.1, 0.15) is 18.3 Å². The summed E-state index contributed by atoms with van der Waals surface area (Å²) in [5, 5.41) is 19.6. The molecule has 0 atom stereocenters. The zero-order valence-corrected chi connectivity index (χ0v) is 13.2. The Balaban J connectivity index is 1.98. The van der Waals surface area contributed by atoms with Crippen LogP contribution in [-0.4, -0.2) is 27.5 Å². The lowest BCUT2D eigenvalue weighted by atomic mass is 10.1. The van der Waals surface area contributed by atoms with Crippen LogP contribution in [0.25, 0.3) is 11.0 Å². The summed E-state index contributed by atoms with van der Waals surface area (Å²) in [6.45, 7) is 2.19. The van der Waals surface area contributed by atoms with Crippen LogP contribution in [0.5, 0.6) is 0 Å². The Bertz CT molecular complexity index is 1030. The van der Waals surface area contributed by atoms with E-state index in [0.717, 1.165) is 0 Å². The molecule has 0 aliphatic rings. The highest BCUT2D eigenvalue weighted by Crippen LogP contribution is 2.22. The van der Waals surface area contributed by atoms with Crippen LogP contribution in [0, 0.1) is 11.3 Å². The highest BCUT2D eigenvalue weighted by atomic mass is 16.5. The Morgan fingerprint density at radius 1 is 1.44 bits per heavy atom. The topological polar surface area (TPSA) is 123 Å². The van der Waals surface area contributed by atoms with Crippen LogP contribution < -0.4 is 10.9 Å². The molecule has 0 fully saturated rings. The molecule has 126 valence electrons. The first-order valence-corrected chi connectivity index (χ1v) is 7.39. The lowest BCUT2D eigenvalue weighted by Crippen LogP contribution is -2.13. The van der Waals surface area contributed by atoms with Crippen LogP contribution in [0.3, 0.4) is 0 Å². The van der Waals surface area contributed by atoms with Gasteiger partial charge in [-0.05, 0) is 24.6 Å². The average molecular weight is 339 g/mol. The number of fused-ring (bicyclic) bond motifs is 1. The van der Waals surface area contributed by atoms with Gasteiger partial charge in [0.2, 0.25) is 5.82 Å². The Morgan fingerprint density at radius 2 is 2.28 bits per heavy atom. The molecule has 2 heterocycles. The van der Waals surface area contributed by atoms with Crippen LogP contribution in [0.2, 0.25) is 0 Å². The number of rotatable bonds is 4. The van der Waals surface area contributed by atoms with Gasteiger partial charge < -0.3 is 13.7 Å². The minimum absolute atomic E-state index is 0.141. The van der Waals surface area contributed by atoms with Gasteiger partial charge in [0.1, 0.15) is 18.0 Å². The third-order valence-electron chi connectivity index (χ3n) is 3.41. The van der Waals surface area contributed by atoms with Crippen molar-refractivity contribution < 1.29 is 13.9 Å². The smallest absolute Gasteiger partial charge is 0.411 e. The maximum atomic E-state index is 11.8. The van der Waals surface area contributed by atoms with Crippen molar-refractivity contribution in [2.45, 2.75) is 13.5 Å². The summed E-state index contributed by atoms with van der Waals surface area (Å²) in [6.07, 6.45) is 0.818. The molecule has 0 bridgehead atoms. The monoisotopic (exact) mass is 339 g/mol. The van der Waals surface area contributed by atoms with Crippen LogP contribution in [0.15, 0.2) is 39.8 Å². The molecule has 0 aliphatic heterocycles. The van der Waals surface area contributed by atoms with Crippen molar-refractivity contribution >= 4 is 22.7 Å². The maximum Gasteiger partial charge on any atom is 0.411 e. The summed E-state index contributed by atoms with van der Waals surface area (Å²) in [4.78, 5) is 23.3. The number of nitrogens with zero attached hydrogens (tertiary/aromatic N) is 4. The summed E-state index contributed by atoms with van der Waals surface area (Å²) in [5.74, 6) is 0.141. The van der Waals surface area contributed by atoms with Gasteiger partial charge in [-0.2, -0.15) is 5.26 Å². The number of carbonyl (C=O) groups is 1. The molecule has 0 unspecified atom stereocenters.